The molecule has 0 aliphatic carbocycles. The second-order valence-corrected chi connectivity index (χ2v) is 6.02. The molecule has 0 aliphatic heterocycles. The highest BCUT2D eigenvalue weighted by molar-refractivity contribution is 7.10. The fourth-order valence-corrected chi connectivity index (χ4v) is 2.85. The molecule has 2 heterocycles. The number of hydrogen-bond acceptors (Lipinski definition) is 9. The monoisotopic (exact) mass is 388 g/mol. The van der Waals surface area contributed by atoms with E-state index in [0.717, 1.165) is 11.5 Å². The minimum atomic E-state index is -0.654. The first-order chi connectivity index (χ1) is 13.0. The number of hydrogen-bond donors (Lipinski definition) is 1. The molecule has 1 aromatic carbocycles. The molecular weight excluding hydrogens is 372 g/mol. The maximum atomic E-state index is 12.6. The largest absolute Gasteiger partial charge is 0.497 e. The molecule has 0 saturated heterocycles. The quantitative estimate of drug-likeness (QED) is 0.635. The molecule has 0 radical (unpaired) electrons. The van der Waals surface area contributed by atoms with E-state index >= 15 is 0 Å². The molecule has 0 spiro atoms. The van der Waals surface area contributed by atoms with Gasteiger partial charge in [0.05, 0.1) is 25.1 Å². The van der Waals surface area contributed by atoms with Crippen molar-refractivity contribution in [3.05, 3.63) is 41.3 Å². The van der Waals surface area contributed by atoms with E-state index in [-0.39, 0.29) is 23.0 Å². The lowest BCUT2D eigenvalue weighted by atomic mass is 10.2. The predicted octanol–water partition coefficient (Wildman–Crippen LogP) is 1.86. The second-order valence-electron chi connectivity index (χ2n) is 5.26. The van der Waals surface area contributed by atoms with Crippen molar-refractivity contribution >= 4 is 28.4 Å². The van der Waals surface area contributed by atoms with Gasteiger partial charge in [0.2, 0.25) is 5.69 Å². The lowest BCUT2D eigenvalue weighted by molar-refractivity contribution is 0.0520. The molecule has 1 amide bonds. The third-order valence-corrected chi connectivity index (χ3v) is 4.23. The van der Waals surface area contributed by atoms with Crippen LogP contribution in [0.15, 0.2) is 24.3 Å². The zero-order chi connectivity index (χ0) is 19.4. The summed E-state index contributed by atoms with van der Waals surface area (Å²) >= 11 is 0.875. The molecule has 3 rings (SSSR count). The van der Waals surface area contributed by atoms with Crippen molar-refractivity contribution in [2.45, 2.75) is 13.8 Å². The number of carbonyl (C=O) groups is 2. The SMILES string of the molecule is CCOC(=O)c1nnsc1NC(=O)c1nnn(-c2cccc(OC)c2)c1C. The third-order valence-electron chi connectivity index (χ3n) is 3.59. The summed E-state index contributed by atoms with van der Waals surface area (Å²) in [6.07, 6.45) is 0. The Labute approximate surface area is 158 Å². The molecule has 1 N–H and O–H groups in total. The lowest BCUT2D eigenvalue weighted by Gasteiger charge is -2.06. The summed E-state index contributed by atoms with van der Waals surface area (Å²) in [6.45, 7) is 3.58. The van der Waals surface area contributed by atoms with Crippen molar-refractivity contribution < 1.29 is 19.1 Å². The van der Waals surface area contributed by atoms with Crippen molar-refractivity contribution in [2.75, 3.05) is 19.0 Å². The Balaban J connectivity index is 1.84. The molecule has 0 unspecified atom stereocenters. The zero-order valence-electron chi connectivity index (χ0n) is 14.8. The number of nitrogens with one attached hydrogen (secondary N) is 1. The molecule has 0 atom stereocenters. The van der Waals surface area contributed by atoms with Crippen LogP contribution in [0.3, 0.4) is 0 Å². The Kier molecular flexibility index (Phi) is 5.41. The van der Waals surface area contributed by atoms with Crippen LogP contribution in [0.1, 0.15) is 33.6 Å². The first kappa shape index (κ1) is 18.5. The second kappa shape index (κ2) is 7.91. The molecule has 0 saturated carbocycles. The van der Waals surface area contributed by atoms with Gasteiger partial charge >= 0.3 is 5.97 Å². The number of benzene rings is 1. The zero-order valence-corrected chi connectivity index (χ0v) is 15.6. The van der Waals surface area contributed by atoms with E-state index in [1.165, 1.54) is 4.68 Å². The van der Waals surface area contributed by atoms with Gasteiger partial charge < -0.3 is 14.8 Å². The fraction of sp³-hybridized carbons (Fsp3) is 0.250. The highest BCUT2D eigenvalue weighted by atomic mass is 32.1. The number of nitrogens with zero attached hydrogens (tertiary/aromatic N) is 5. The highest BCUT2D eigenvalue weighted by Crippen LogP contribution is 2.21. The average molecular weight is 388 g/mol. The normalized spacial score (nSPS) is 10.5. The van der Waals surface area contributed by atoms with Crippen LogP contribution in [-0.4, -0.2) is 50.2 Å². The molecule has 0 aliphatic rings. The number of amides is 1. The molecule has 0 fully saturated rings. The van der Waals surface area contributed by atoms with E-state index in [9.17, 15) is 9.59 Å². The number of carbonyl (C=O) groups excluding carboxylic acids is 2. The maximum absolute atomic E-state index is 12.6. The number of methoxy groups -OCH3 is 1. The first-order valence-electron chi connectivity index (χ1n) is 7.92. The Morgan fingerprint density at radius 2 is 2.07 bits per heavy atom. The summed E-state index contributed by atoms with van der Waals surface area (Å²) in [4.78, 5) is 24.4. The Morgan fingerprint density at radius 3 is 2.81 bits per heavy atom. The number of esters is 1. The van der Waals surface area contributed by atoms with Crippen molar-refractivity contribution in [1.82, 2.24) is 24.6 Å². The van der Waals surface area contributed by atoms with Gasteiger partial charge in [-0.2, -0.15) is 0 Å². The van der Waals surface area contributed by atoms with E-state index in [1.54, 1.807) is 33.1 Å². The van der Waals surface area contributed by atoms with E-state index in [4.69, 9.17) is 9.47 Å². The van der Waals surface area contributed by atoms with Crippen LogP contribution in [0.2, 0.25) is 0 Å². The minimum absolute atomic E-state index is 0.0481. The van der Waals surface area contributed by atoms with Gasteiger partial charge in [-0.3, -0.25) is 4.79 Å². The van der Waals surface area contributed by atoms with Crippen LogP contribution in [0.4, 0.5) is 5.00 Å². The third kappa shape index (κ3) is 3.77. The van der Waals surface area contributed by atoms with Gasteiger partial charge in [-0.25, -0.2) is 9.48 Å². The molecule has 3 aromatic rings. The molecular formula is C16H16N6O4S. The van der Waals surface area contributed by atoms with Gasteiger partial charge in [0, 0.05) is 17.6 Å². The van der Waals surface area contributed by atoms with Gasteiger partial charge in [-0.15, -0.1) is 10.2 Å². The Morgan fingerprint density at radius 1 is 1.26 bits per heavy atom. The van der Waals surface area contributed by atoms with Crippen molar-refractivity contribution in [3.63, 3.8) is 0 Å². The lowest BCUT2D eigenvalue weighted by Crippen LogP contribution is -2.16. The number of anilines is 1. The molecule has 11 heteroatoms. The molecule has 0 bridgehead atoms. The smallest absolute Gasteiger partial charge is 0.362 e. The topological polar surface area (TPSA) is 121 Å². The number of aromatic nitrogens is 5. The Bertz CT molecular complexity index is 983. The summed E-state index contributed by atoms with van der Waals surface area (Å²) in [5, 5.41) is 14.5. The van der Waals surface area contributed by atoms with Crippen molar-refractivity contribution in [1.29, 1.82) is 0 Å². The fourth-order valence-electron chi connectivity index (χ4n) is 2.29. The van der Waals surface area contributed by atoms with Crippen molar-refractivity contribution in [2.24, 2.45) is 0 Å². The van der Waals surface area contributed by atoms with Gasteiger partial charge in [0.15, 0.2) is 10.7 Å². The summed E-state index contributed by atoms with van der Waals surface area (Å²) in [5.41, 5.74) is 1.29. The number of ether oxygens (including phenoxy) is 2. The molecule has 140 valence electrons. The summed E-state index contributed by atoms with van der Waals surface area (Å²) in [6, 6.07) is 7.20. The number of rotatable bonds is 6. The Hall–Kier alpha value is -3.34. The molecule has 2 aromatic heterocycles. The predicted molar refractivity (Wildman–Crippen MR) is 96.5 cm³/mol. The average Bonchev–Trinajstić information content (AvgIpc) is 3.28. The van der Waals surface area contributed by atoms with E-state index in [2.05, 4.69) is 25.2 Å². The maximum Gasteiger partial charge on any atom is 0.362 e. The minimum Gasteiger partial charge on any atom is -0.497 e. The van der Waals surface area contributed by atoms with E-state index in [0.29, 0.717) is 17.1 Å². The van der Waals surface area contributed by atoms with Crippen LogP contribution in [0.25, 0.3) is 5.69 Å². The highest BCUT2D eigenvalue weighted by Gasteiger charge is 2.23. The van der Waals surface area contributed by atoms with Gasteiger partial charge in [-0.1, -0.05) is 15.8 Å². The standard InChI is InChI=1S/C16H16N6O4S/c1-4-26-16(24)13-15(27-21-19-13)17-14(23)12-9(2)22(20-18-12)10-6-5-7-11(8-10)25-3/h5-8H,4H2,1-3H3,(H,17,23). The summed E-state index contributed by atoms with van der Waals surface area (Å²) < 4.78 is 15.3. The van der Waals surface area contributed by atoms with Crippen molar-refractivity contribution in [3.8, 4) is 11.4 Å². The van der Waals surface area contributed by atoms with Crippen LogP contribution >= 0.6 is 11.5 Å². The summed E-state index contributed by atoms with van der Waals surface area (Å²) in [5.74, 6) is -0.528. The molecule has 27 heavy (non-hydrogen) atoms. The first-order valence-corrected chi connectivity index (χ1v) is 8.70. The van der Waals surface area contributed by atoms with Crippen LogP contribution in [0.5, 0.6) is 5.75 Å². The van der Waals surface area contributed by atoms with E-state index < -0.39 is 11.9 Å². The van der Waals surface area contributed by atoms with E-state index in [1.807, 2.05) is 12.1 Å². The van der Waals surface area contributed by atoms with Crippen LogP contribution in [-0.2, 0) is 4.74 Å². The van der Waals surface area contributed by atoms with Crippen LogP contribution in [0, 0.1) is 6.92 Å². The molecule has 10 nitrogen and oxygen atoms in total. The van der Waals surface area contributed by atoms with Gasteiger partial charge in [0.1, 0.15) is 5.75 Å². The summed E-state index contributed by atoms with van der Waals surface area (Å²) in [7, 11) is 1.57. The van der Waals surface area contributed by atoms with Gasteiger partial charge in [0.25, 0.3) is 5.91 Å². The van der Waals surface area contributed by atoms with Crippen LogP contribution < -0.4 is 10.1 Å². The van der Waals surface area contributed by atoms with Gasteiger partial charge in [-0.05, 0) is 26.0 Å².